The van der Waals surface area contributed by atoms with Crippen LogP contribution in [0, 0.1) is 0 Å². The zero-order chi connectivity index (χ0) is 14.0. The van der Waals surface area contributed by atoms with E-state index in [1.165, 1.54) is 25.7 Å². The Hall–Kier alpha value is -1.35. The van der Waals surface area contributed by atoms with Gasteiger partial charge in [0.2, 0.25) is 0 Å². The minimum absolute atomic E-state index is 0.0583. The van der Waals surface area contributed by atoms with E-state index in [0.717, 1.165) is 36.8 Å². The summed E-state index contributed by atoms with van der Waals surface area (Å²) < 4.78 is 0. The molecule has 3 nitrogen and oxygen atoms in total. The molecule has 1 aromatic rings. The van der Waals surface area contributed by atoms with Gasteiger partial charge in [0.05, 0.1) is 0 Å². The molecule has 2 aliphatic carbocycles. The molecule has 2 saturated carbocycles. The summed E-state index contributed by atoms with van der Waals surface area (Å²) in [6, 6.07) is 8.20. The molecule has 0 bridgehead atoms. The number of nitrogens with one attached hydrogen (secondary N) is 1. The number of rotatable bonds is 3. The number of benzene rings is 1. The van der Waals surface area contributed by atoms with Crippen molar-refractivity contribution in [3.05, 3.63) is 35.4 Å². The van der Waals surface area contributed by atoms with E-state index in [2.05, 4.69) is 5.32 Å². The van der Waals surface area contributed by atoms with Crippen molar-refractivity contribution in [2.24, 2.45) is 5.73 Å². The van der Waals surface area contributed by atoms with Crippen LogP contribution in [0.25, 0.3) is 0 Å². The van der Waals surface area contributed by atoms with Gasteiger partial charge in [-0.15, -0.1) is 0 Å². The average Bonchev–Trinajstić information content (AvgIpc) is 3.24. The smallest absolute Gasteiger partial charge is 0.251 e. The number of carbonyl (C=O) groups is 1. The lowest BCUT2D eigenvalue weighted by Crippen LogP contribution is -2.34. The van der Waals surface area contributed by atoms with Gasteiger partial charge < -0.3 is 11.1 Å². The van der Waals surface area contributed by atoms with Crippen LogP contribution in [0.1, 0.15) is 67.3 Å². The van der Waals surface area contributed by atoms with E-state index in [4.69, 9.17) is 5.73 Å². The molecule has 3 N–H and O–H groups in total. The van der Waals surface area contributed by atoms with Gasteiger partial charge in [-0.3, -0.25) is 4.79 Å². The molecular formula is C17H24N2O. The third-order valence-corrected chi connectivity index (χ3v) is 4.68. The van der Waals surface area contributed by atoms with E-state index in [-0.39, 0.29) is 11.4 Å². The van der Waals surface area contributed by atoms with Crippen LogP contribution in [-0.2, 0) is 5.54 Å². The van der Waals surface area contributed by atoms with Gasteiger partial charge in [0.1, 0.15) is 0 Å². The predicted octanol–water partition coefficient (Wildman–Crippen LogP) is 3.09. The van der Waals surface area contributed by atoms with Crippen LogP contribution in [0.15, 0.2) is 24.3 Å². The summed E-state index contributed by atoms with van der Waals surface area (Å²) in [7, 11) is 0. The standard InChI is InChI=1S/C17H24N2O/c18-17(10-11-17)14-7-5-6-13(12-14)16(20)19-15-8-3-1-2-4-9-15/h5-7,12,15H,1-4,8-11,18H2,(H,19,20). The first-order chi connectivity index (χ1) is 9.67. The van der Waals surface area contributed by atoms with Crippen LogP contribution in [0.2, 0.25) is 0 Å². The minimum atomic E-state index is -0.168. The molecule has 0 heterocycles. The van der Waals surface area contributed by atoms with Gasteiger partial charge in [0, 0.05) is 17.1 Å². The molecule has 0 saturated heterocycles. The summed E-state index contributed by atoms with van der Waals surface area (Å²) in [5, 5.41) is 3.19. The zero-order valence-electron chi connectivity index (χ0n) is 12.0. The Morgan fingerprint density at radius 3 is 2.50 bits per heavy atom. The van der Waals surface area contributed by atoms with Crippen LogP contribution >= 0.6 is 0 Å². The fraction of sp³-hybridized carbons (Fsp3) is 0.588. The quantitative estimate of drug-likeness (QED) is 0.831. The third kappa shape index (κ3) is 3.04. The van der Waals surface area contributed by atoms with E-state index in [1.54, 1.807) is 0 Å². The SMILES string of the molecule is NC1(c2cccc(C(=O)NC3CCCCCC3)c2)CC1. The average molecular weight is 272 g/mol. The van der Waals surface area contributed by atoms with Crippen LogP contribution in [0.3, 0.4) is 0 Å². The largest absolute Gasteiger partial charge is 0.349 e. The number of hydrogen-bond donors (Lipinski definition) is 2. The van der Waals surface area contributed by atoms with Crippen molar-refractivity contribution in [1.82, 2.24) is 5.32 Å². The second-order valence-corrected chi connectivity index (χ2v) is 6.40. The lowest BCUT2D eigenvalue weighted by Gasteiger charge is -2.17. The first-order valence-corrected chi connectivity index (χ1v) is 7.88. The highest BCUT2D eigenvalue weighted by Gasteiger charge is 2.40. The van der Waals surface area contributed by atoms with Crippen molar-refractivity contribution in [3.8, 4) is 0 Å². The molecule has 0 radical (unpaired) electrons. The molecule has 0 spiro atoms. The lowest BCUT2D eigenvalue weighted by molar-refractivity contribution is 0.0933. The molecule has 0 atom stereocenters. The van der Waals surface area contributed by atoms with Crippen molar-refractivity contribution < 1.29 is 4.79 Å². The van der Waals surface area contributed by atoms with E-state index in [9.17, 15) is 4.79 Å². The molecule has 20 heavy (non-hydrogen) atoms. The van der Waals surface area contributed by atoms with Crippen LogP contribution in [0.4, 0.5) is 0 Å². The summed E-state index contributed by atoms with van der Waals surface area (Å²) >= 11 is 0. The van der Waals surface area contributed by atoms with Gasteiger partial charge in [-0.1, -0.05) is 37.8 Å². The molecule has 0 aromatic heterocycles. The molecule has 1 amide bonds. The summed E-state index contributed by atoms with van der Waals surface area (Å²) in [6.07, 6.45) is 9.36. The maximum atomic E-state index is 12.4. The molecular weight excluding hydrogens is 248 g/mol. The Labute approximate surface area is 120 Å². The van der Waals surface area contributed by atoms with Crippen LogP contribution < -0.4 is 11.1 Å². The van der Waals surface area contributed by atoms with Gasteiger partial charge in [0.25, 0.3) is 5.91 Å². The first kappa shape index (κ1) is 13.6. The Kier molecular flexibility index (Phi) is 3.79. The van der Waals surface area contributed by atoms with Gasteiger partial charge in [0.15, 0.2) is 0 Å². The molecule has 0 aliphatic heterocycles. The Morgan fingerprint density at radius 1 is 1.15 bits per heavy atom. The highest BCUT2D eigenvalue weighted by Crippen LogP contribution is 2.42. The summed E-state index contributed by atoms with van der Waals surface area (Å²) in [4.78, 5) is 12.4. The predicted molar refractivity (Wildman–Crippen MR) is 80.5 cm³/mol. The van der Waals surface area contributed by atoms with Crippen molar-refractivity contribution in [2.75, 3.05) is 0 Å². The topological polar surface area (TPSA) is 55.1 Å². The molecule has 3 heteroatoms. The maximum absolute atomic E-state index is 12.4. The summed E-state index contributed by atoms with van der Waals surface area (Å²) in [6.45, 7) is 0. The Bertz CT molecular complexity index is 486. The van der Waals surface area contributed by atoms with E-state index < -0.39 is 0 Å². The normalized spacial score (nSPS) is 22.1. The Balaban J connectivity index is 1.67. The molecule has 0 unspecified atom stereocenters. The first-order valence-electron chi connectivity index (χ1n) is 7.88. The molecule has 1 aromatic carbocycles. The van der Waals surface area contributed by atoms with Gasteiger partial charge in [-0.05, 0) is 43.4 Å². The van der Waals surface area contributed by atoms with Crippen molar-refractivity contribution >= 4 is 5.91 Å². The summed E-state index contributed by atoms with van der Waals surface area (Å²) in [5.41, 5.74) is 7.90. The zero-order valence-corrected chi connectivity index (χ0v) is 12.0. The highest BCUT2D eigenvalue weighted by molar-refractivity contribution is 5.94. The fourth-order valence-corrected chi connectivity index (χ4v) is 3.09. The fourth-order valence-electron chi connectivity index (χ4n) is 3.09. The molecule has 2 aliphatic rings. The third-order valence-electron chi connectivity index (χ3n) is 4.68. The van der Waals surface area contributed by atoms with Crippen molar-refractivity contribution in [3.63, 3.8) is 0 Å². The Morgan fingerprint density at radius 2 is 1.85 bits per heavy atom. The van der Waals surface area contributed by atoms with Crippen LogP contribution in [-0.4, -0.2) is 11.9 Å². The van der Waals surface area contributed by atoms with Crippen molar-refractivity contribution in [2.45, 2.75) is 62.9 Å². The maximum Gasteiger partial charge on any atom is 0.251 e. The van der Waals surface area contributed by atoms with E-state index >= 15 is 0 Å². The highest BCUT2D eigenvalue weighted by atomic mass is 16.1. The molecule has 3 rings (SSSR count). The number of hydrogen-bond acceptors (Lipinski definition) is 2. The molecule has 108 valence electrons. The van der Waals surface area contributed by atoms with E-state index in [0.29, 0.717) is 6.04 Å². The van der Waals surface area contributed by atoms with Crippen LogP contribution in [0.5, 0.6) is 0 Å². The van der Waals surface area contributed by atoms with Gasteiger partial charge in [-0.25, -0.2) is 0 Å². The van der Waals surface area contributed by atoms with E-state index in [1.807, 2.05) is 24.3 Å². The van der Waals surface area contributed by atoms with Gasteiger partial charge >= 0.3 is 0 Å². The molecule has 2 fully saturated rings. The number of carbonyl (C=O) groups excluding carboxylic acids is 1. The second kappa shape index (κ2) is 5.57. The lowest BCUT2D eigenvalue weighted by atomic mass is 10.0. The minimum Gasteiger partial charge on any atom is -0.349 e. The summed E-state index contributed by atoms with van der Waals surface area (Å²) in [5.74, 6) is 0.0583. The number of amides is 1. The number of nitrogens with two attached hydrogens (primary N) is 1. The second-order valence-electron chi connectivity index (χ2n) is 6.40. The van der Waals surface area contributed by atoms with Crippen molar-refractivity contribution in [1.29, 1.82) is 0 Å². The monoisotopic (exact) mass is 272 g/mol. The van der Waals surface area contributed by atoms with Gasteiger partial charge in [-0.2, -0.15) is 0 Å².